The van der Waals surface area contributed by atoms with E-state index in [1.165, 1.54) is 19.3 Å². The Kier molecular flexibility index (Phi) is 2.00. The molecule has 2 heteroatoms. The van der Waals surface area contributed by atoms with Gasteiger partial charge in [-0.15, -0.1) is 0 Å². The summed E-state index contributed by atoms with van der Waals surface area (Å²) >= 11 is 0. The van der Waals surface area contributed by atoms with Crippen molar-refractivity contribution in [3.05, 3.63) is 22.8 Å². The topological polar surface area (TPSA) is 8.72 Å². The van der Waals surface area contributed by atoms with E-state index in [9.17, 15) is 0 Å². The Bertz CT molecular complexity index is 265. The largest absolute Gasteiger partial charge is 0.316 e. The van der Waals surface area contributed by atoms with Gasteiger partial charge in [-0.05, 0) is 31.1 Å². The van der Waals surface area contributed by atoms with Crippen LogP contribution in [0, 0.1) is 30.4 Å². The third kappa shape index (κ3) is 1.22. The molecule has 0 aromatic heterocycles. The van der Waals surface area contributed by atoms with Gasteiger partial charge in [-0.1, -0.05) is 6.42 Å². The molecule has 2 aliphatic carbocycles. The molecule has 68 valence electrons. The zero-order chi connectivity index (χ0) is 9.31. The molecule has 0 aromatic carbocycles. The van der Waals surface area contributed by atoms with E-state index in [0.29, 0.717) is 19.0 Å². The van der Waals surface area contributed by atoms with E-state index < -0.39 is 0 Å². The van der Waals surface area contributed by atoms with Crippen molar-refractivity contribution in [2.75, 3.05) is 13.1 Å². The molecular weight excluding hydrogens is 160 g/mol. The Morgan fingerprint density at radius 2 is 1.85 bits per heavy atom. The van der Waals surface area contributed by atoms with Gasteiger partial charge >= 0.3 is 0 Å². The number of hydrogen-bond acceptors (Lipinski definition) is 0. The van der Waals surface area contributed by atoms with E-state index in [1.54, 1.807) is 0 Å². The van der Waals surface area contributed by atoms with Crippen LogP contribution in [0.25, 0.3) is 9.69 Å². The fourth-order valence-electron chi connectivity index (χ4n) is 3.31. The van der Waals surface area contributed by atoms with Crippen LogP contribution in [0.2, 0.25) is 0 Å². The molecule has 0 aliphatic heterocycles. The molecule has 2 aliphatic rings. The van der Waals surface area contributed by atoms with Crippen LogP contribution in [0.5, 0.6) is 0 Å². The van der Waals surface area contributed by atoms with Crippen LogP contribution in [0.15, 0.2) is 0 Å². The molecule has 2 unspecified atom stereocenters. The van der Waals surface area contributed by atoms with Gasteiger partial charge in [0.25, 0.3) is 0 Å². The predicted octanol–water partition coefficient (Wildman–Crippen LogP) is 2.63. The van der Waals surface area contributed by atoms with Crippen molar-refractivity contribution in [1.29, 1.82) is 0 Å². The highest BCUT2D eigenvalue weighted by atomic mass is 14.8. The van der Waals surface area contributed by atoms with Crippen molar-refractivity contribution >= 4 is 0 Å². The predicted molar refractivity (Wildman–Crippen MR) is 50.8 cm³/mol. The normalized spacial score (nSPS) is 34.0. The lowest BCUT2D eigenvalue weighted by Crippen LogP contribution is -2.33. The number of fused-ring (bicyclic) bond motifs is 2. The summed E-state index contributed by atoms with van der Waals surface area (Å²) in [5.74, 6) is 1.54. The first-order valence-electron chi connectivity index (χ1n) is 4.97. The van der Waals surface area contributed by atoms with Gasteiger partial charge in [0, 0.05) is 0 Å². The highest BCUT2D eigenvalue weighted by Gasteiger charge is 2.55. The lowest BCUT2D eigenvalue weighted by atomic mass is 9.73. The van der Waals surface area contributed by atoms with Crippen molar-refractivity contribution < 1.29 is 0 Å². The lowest BCUT2D eigenvalue weighted by molar-refractivity contribution is 0.206. The summed E-state index contributed by atoms with van der Waals surface area (Å²) in [5, 5.41) is 0. The SMILES string of the molecule is [C-]#[N+]CC1(C[N+]#[C-])CC2CCC1C2. The summed E-state index contributed by atoms with van der Waals surface area (Å²) in [6.07, 6.45) is 5.07. The molecule has 2 nitrogen and oxygen atoms in total. The molecule has 0 heterocycles. The minimum Gasteiger partial charge on any atom is -0.316 e. The second kappa shape index (κ2) is 3.04. The quantitative estimate of drug-likeness (QED) is 0.569. The highest BCUT2D eigenvalue weighted by Crippen LogP contribution is 2.56. The summed E-state index contributed by atoms with van der Waals surface area (Å²) in [7, 11) is 0. The van der Waals surface area contributed by atoms with E-state index in [-0.39, 0.29) is 5.41 Å². The van der Waals surface area contributed by atoms with Crippen LogP contribution in [-0.2, 0) is 0 Å². The van der Waals surface area contributed by atoms with E-state index in [0.717, 1.165) is 12.3 Å². The smallest absolute Gasteiger partial charge is 0.227 e. The average Bonchev–Trinajstić information content (AvgIpc) is 2.64. The zero-order valence-corrected chi connectivity index (χ0v) is 7.79. The van der Waals surface area contributed by atoms with Gasteiger partial charge in [0.2, 0.25) is 13.1 Å². The Labute approximate surface area is 79.6 Å². The Hall–Kier alpha value is -1.02. The van der Waals surface area contributed by atoms with Crippen LogP contribution in [0.4, 0.5) is 0 Å². The van der Waals surface area contributed by atoms with E-state index in [2.05, 4.69) is 9.69 Å². The summed E-state index contributed by atoms with van der Waals surface area (Å²) in [4.78, 5) is 7.07. The molecule has 0 radical (unpaired) electrons. The molecule has 2 saturated carbocycles. The maximum absolute atomic E-state index is 6.97. The fourth-order valence-corrected chi connectivity index (χ4v) is 3.31. The molecular formula is C11H14N2. The molecule has 2 fully saturated rings. The van der Waals surface area contributed by atoms with Crippen LogP contribution in [0.3, 0.4) is 0 Å². The lowest BCUT2D eigenvalue weighted by Gasteiger charge is -2.27. The zero-order valence-electron chi connectivity index (χ0n) is 7.79. The van der Waals surface area contributed by atoms with Gasteiger partial charge in [0.05, 0.1) is 0 Å². The van der Waals surface area contributed by atoms with Crippen molar-refractivity contribution in [3.63, 3.8) is 0 Å². The van der Waals surface area contributed by atoms with Crippen molar-refractivity contribution in [1.82, 2.24) is 0 Å². The van der Waals surface area contributed by atoms with Gasteiger partial charge in [-0.25, -0.2) is 13.1 Å². The van der Waals surface area contributed by atoms with Crippen molar-refractivity contribution in [2.24, 2.45) is 17.3 Å². The van der Waals surface area contributed by atoms with Gasteiger partial charge in [-0.3, -0.25) is 0 Å². The third-order valence-electron chi connectivity index (χ3n) is 3.89. The second-order valence-corrected chi connectivity index (χ2v) is 4.57. The minimum absolute atomic E-state index is 0.104. The molecule has 2 bridgehead atoms. The maximum Gasteiger partial charge on any atom is 0.227 e. The van der Waals surface area contributed by atoms with Crippen LogP contribution >= 0.6 is 0 Å². The third-order valence-corrected chi connectivity index (χ3v) is 3.89. The van der Waals surface area contributed by atoms with Gasteiger partial charge < -0.3 is 9.69 Å². The maximum atomic E-state index is 6.97. The summed E-state index contributed by atoms with van der Waals surface area (Å²) in [6.45, 7) is 15.1. The monoisotopic (exact) mass is 174 g/mol. The van der Waals surface area contributed by atoms with Crippen LogP contribution < -0.4 is 0 Å². The molecule has 0 spiro atoms. The summed E-state index contributed by atoms with van der Waals surface area (Å²) in [6, 6.07) is 0. The van der Waals surface area contributed by atoms with E-state index in [4.69, 9.17) is 13.1 Å². The van der Waals surface area contributed by atoms with E-state index in [1.807, 2.05) is 0 Å². The first kappa shape index (κ1) is 8.57. The Balaban J connectivity index is 2.17. The molecule has 2 atom stereocenters. The second-order valence-electron chi connectivity index (χ2n) is 4.57. The number of hydrogen-bond donors (Lipinski definition) is 0. The van der Waals surface area contributed by atoms with E-state index >= 15 is 0 Å². The fraction of sp³-hybridized carbons (Fsp3) is 0.818. The minimum atomic E-state index is 0.104. The van der Waals surface area contributed by atoms with Crippen molar-refractivity contribution in [2.45, 2.75) is 25.7 Å². The molecule has 2 rings (SSSR count). The first-order chi connectivity index (χ1) is 6.30. The summed E-state index contributed by atoms with van der Waals surface area (Å²) in [5.41, 5.74) is 0.104. The first-order valence-corrected chi connectivity index (χ1v) is 4.97. The molecule has 0 saturated heterocycles. The number of rotatable bonds is 2. The Morgan fingerprint density at radius 1 is 1.15 bits per heavy atom. The van der Waals surface area contributed by atoms with Gasteiger partial charge in [0.15, 0.2) is 0 Å². The Morgan fingerprint density at radius 3 is 2.23 bits per heavy atom. The molecule has 0 amide bonds. The number of nitrogens with zero attached hydrogens (tertiary/aromatic N) is 2. The standard InChI is InChI=1S/C11H14N2/c1-12-7-11(8-13-2)6-9-3-4-10(11)5-9/h9-10H,3-8H2. The van der Waals surface area contributed by atoms with Crippen molar-refractivity contribution in [3.8, 4) is 0 Å². The van der Waals surface area contributed by atoms with Gasteiger partial charge in [-0.2, -0.15) is 0 Å². The molecule has 13 heavy (non-hydrogen) atoms. The van der Waals surface area contributed by atoms with Gasteiger partial charge in [0.1, 0.15) is 5.41 Å². The average molecular weight is 174 g/mol. The molecule has 0 N–H and O–H groups in total. The highest BCUT2D eigenvalue weighted by molar-refractivity contribution is 5.06. The van der Waals surface area contributed by atoms with Crippen LogP contribution in [0.1, 0.15) is 25.7 Å². The summed E-state index contributed by atoms with van der Waals surface area (Å²) < 4.78 is 0. The van der Waals surface area contributed by atoms with Crippen LogP contribution in [-0.4, -0.2) is 13.1 Å². The molecule has 0 aromatic rings.